The van der Waals surface area contributed by atoms with Crippen LogP contribution < -0.4 is 10.1 Å². The minimum Gasteiger partial charge on any atom is -0.496 e. The van der Waals surface area contributed by atoms with Crippen LogP contribution in [-0.4, -0.2) is 34.0 Å². The van der Waals surface area contributed by atoms with Crippen LogP contribution in [0.4, 0.5) is 5.69 Å². The molecule has 1 amide bonds. The van der Waals surface area contributed by atoms with E-state index in [1.54, 1.807) is 31.6 Å². The molecule has 0 spiro atoms. The Morgan fingerprint density at radius 1 is 1.32 bits per heavy atom. The Hall–Kier alpha value is -2.87. The number of ether oxygens (including phenoxy) is 1. The molecule has 0 radical (unpaired) electrons. The number of anilines is 1. The molecule has 3 aromatic rings. The highest BCUT2D eigenvalue weighted by atomic mass is 32.2. The van der Waals surface area contributed by atoms with E-state index >= 15 is 0 Å². The van der Waals surface area contributed by atoms with E-state index in [2.05, 4.69) is 20.5 Å². The summed E-state index contributed by atoms with van der Waals surface area (Å²) in [6.45, 7) is 1.92. The second-order valence-electron chi connectivity index (χ2n) is 5.14. The zero-order valence-electron chi connectivity index (χ0n) is 13.7. The van der Waals surface area contributed by atoms with Crippen LogP contribution in [0.5, 0.6) is 5.75 Å². The van der Waals surface area contributed by atoms with E-state index in [-0.39, 0.29) is 11.7 Å². The fraction of sp³-hybridized carbons (Fsp3) is 0.176. The minimum atomic E-state index is -0.157. The van der Waals surface area contributed by atoms with Crippen molar-refractivity contribution >= 4 is 23.4 Å². The lowest BCUT2D eigenvalue weighted by Crippen LogP contribution is -2.14. The van der Waals surface area contributed by atoms with Crippen LogP contribution in [0.2, 0.25) is 0 Å². The molecule has 0 atom stereocenters. The maximum absolute atomic E-state index is 12.1. The molecule has 0 aliphatic rings. The molecular weight excluding hydrogens is 340 g/mol. The van der Waals surface area contributed by atoms with E-state index < -0.39 is 0 Å². The summed E-state index contributed by atoms with van der Waals surface area (Å²) in [5.41, 5.74) is 2.40. The fourth-order valence-electron chi connectivity index (χ4n) is 2.15. The summed E-state index contributed by atoms with van der Waals surface area (Å²) < 4.78 is 10.7. The molecule has 0 bridgehead atoms. The summed E-state index contributed by atoms with van der Waals surface area (Å²) in [5, 5.41) is 11.0. The Labute approximate surface area is 148 Å². The van der Waals surface area contributed by atoms with Gasteiger partial charge in [0.1, 0.15) is 5.75 Å². The summed E-state index contributed by atoms with van der Waals surface area (Å²) >= 11 is 1.18. The van der Waals surface area contributed by atoms with Crippen LogP contribution in [0.25, 0.3) is 11.5 Å². The molecule has 128 valence electrons. The zero-order valence-corrected chi connectivity index (χ0v) is 14.5. The molecule has 0 aliphatic carbocycles. The van der Waals surface area contributed by atoms with Gasteiger partial charge in [0.2, 0.25) is 11.8 Å². The van der Waals surface area contributed by atoms with Gasteiger partial charge in [-0.2, -0.15) is 0 Å². The highest BCUT2D eigenvalue weighted by Gasteiger charge is 2.11. The summed E-state index contributed by atoms with van der Waals surface area (Å²) in [7, 11) is 1.61. The number of aryl methyl sites for hydroxylation is 1. The van der Waals surface area contributed by atoms with Gasteiger partial charge in [0.15, 0.2) is 0 Å². The first kappa shape index (κ1) is 17.0. The number of thioether (sulfide) groups is 1. The summed E-state index contributed by atoms with van der Waals surface area (Å²) in [5.74, 6) is 1.17. The molecular formula is C17H16N4O3S. The highest BCUT2D eigenvalue weighted by Crippen LogP contribution is 2.24. The molecule has 2 aromatic heterocycles. The Morgan fingerprint density at radius 3 is 2.92 bits per heavy atom. The molecule has 3 rings (SSSR count). The van der Waals surface area contributed by atoms with E-state index in [1.807, 2.05) is 25.1 Å². The molecule has 7 nitrogen and oxygen atoms in total. The van der Waals surface area contributed by atoms with Crippen LogP contribution in [0, 0.1) is 6.92 Å². The molecule has 1 aromatic carbocycles. The van der Waals surface area contributed by atoms with Crippen molar-refractivity contribution in [3.63, 3.8) is 0 Å². The van der Waals surface area contributed by atoms with Crippen molar-refractivity contribution in [1.29, 1.82) is 0 Å². The van der Waals surface area contributed by atoms with Crippen LogP contribution >= 0.6 is 11.8 Å². The standard InChI is InChI=1S/C17H16N4O3S/c1-11-8-13(5-6-14(11)23-2)19-15(22)10-25-17-21-20-16(24-17)12-4-3-7-18-9-12/h3-9H,10H2,1-2H3,(H,19,22). The number of aromatic nitrogens is 3. The molecule has 0 saturated carbocycles. The number of rotatable bonds is 6. The van der Waals surface area contributed by atoms with Gasteiger partial charge in [-0.15, -0.1) is 10.2 Å². The first-order chi connectivity index (χ1) is 12.2. The van der Waals surface area contributed by atoms with Crippen molar-refractivity contribution in [2.45, 2.75) is 12.1 Å². The minimum absolute atomic E-state index is 0.157. The van der Waals surface area contributed by atoms with Gasteiger partial charge in [-0.25, -0.2) is 0 Å². The number of nitrogens with zero attached hydrogens (tertiary/aromatic N) is 3. The predicted molar refractivity (Wildman–Crippen MR) is 94.6 cm³/mol. The summed E-state index contributed by atoms with van der Waals surface area (Å²) in [4.78, 5) is 16.1. The predicted octanol–water partition coefficient (Wildman–Crippen LogP) is 3.18. The lowest BCUT2D eigenvalue weighted by atomic mass is 10.2. The number of benzene rings is 1. The number of amides is 1. The van der Waals surface area contributed by atoms with Gasteiger partial charge in [-0.05, 0) is 42.8 Å². The van der Waals surface area contributed by atoms with Crippen molar-refractivity contribution < 1.29 is 13.9 Å². The first-order valence-electron chi connectivity index (χ1n) is 7.47. The number of carbonyl (C=O) groups is 1. The summed E-state index contributed by atoms with van der Waals surface area (Å²) in [6, 6.07) is 9.08. The molecule has 1 N–H and O–H groups in total. The molecule has 8 heteroatoms. The van der Waals surface area contributed by atoms with Gasteiger partial charge in [0, 0.05) is 18.1 Å². The molecule has 2 heterocycles. The average molecular weight is 356 g/mol. The molecule has 0 aliphatic heterocycles. The zero-order chi connectivity index (χ0) is 17.6. The Morgan fingerprint density at radius 2 is 2.20 bits per heavy atom. The molecule has 25 heavy (non-hydrogen) atoms. The number of hydrogen-bond donors (Lipinski definition) is 1. The molecule has 0 saturated heterocycles. The van der Waals surface area contributed by atoms with Crippen LogP contribution in [-0.2, 0) is 4.79 Å². The van der Waals surface area contributed by atoms with E-state index in [0.717, 1.165) is 16.9 Å². The van der Waals surface area contributed by atoms with Gasteiger partial charge in [-0.3, -0.25) is 9.78 Å². The third-order valence-corrected chi connectivity index (χ3v) is 4.14. The lowest BCUT2D eigenvalue weighted by molar-refractivity contribution is -0.113. The van der Waals surface area contributed by atoms with E-state index in [4.69, 9.17) is 9.15 Å². The van der Waals surface area contributed by atoms with E-state index in [0.29, 0.717) is 16.8 Å². The topological polar surface area (TPSA) is 90.1 Å². The quantitative estimate of drug-likeness (QED) is 0.678. The number of hydrogen-bond acceptors (Lipinski definition) is 7. The number of methoxy groups -OCH3 is 1. The average Bonchev–Trinajstić information content (AvgIpc) is 3.10. The first-order valence-corrected chi connectivity index (χ1v) is 8.45. The maximum atomic E-state index is 12.1. The van der Waals surface area contributed by atoms with E-state index in [9.17, 15) is 4.79 Å². The lowest BCUT2D eigenvalue weighted by Gasteiger charge is -2.08. The molecule has 0 unspecified atom stereocenters. The maximum Gasteiger partial charge on any atom is 0.277 e. The van der Waals surface area contributed by atoms with E-state index in [1.165, 1.54) is 11.8 Å². The van der Waals surface area contributed by atoms with Gasteiger partial charge in [0.05, 0.1) is 18.4 Å². The second kappa shape index (κ2) is 7.80. The van der Waals surface area contributed by atoms with Crippen LogP contribution in [0.1, 0.15) is 5.56 Å². The number of carbonyl (C=O) groups excluding carboxylic acids is 1. The Balaban J connectivity index is 1.56. The number of pyridine rings is 1. The smallest absolute Gasteiger partial charge is 0.277 e. The largest absolute Gasteiger partial charge is 0.496 e. The van der Waals surface area contributed by atoms with Crippen LogP contribution in [0.3, 0.4) is 0 Å². The fourth-order valence-corrected chi connectivity index (χ4v) is 2.72. The third kappa shape index (κ3) is 4.36. The number of nitrogens with one attached hydrogen (secondary N) is 1. The van der Waals surface area contributed by atoms with Gasteiger partial charge < -0.3 is 14.5 Å². The van der Waals surface area contributed by atoms with Crippen molar-refractivity contribution in [3.05, 3.63) is 48.3 Å². The van der Waals surface area contributed by atoms with Crippen molar-refractivity contribution in [1.82, 2.24) is 15.2 Å². The third-order valence-electron chi connectivity index (χ3n) is 3.32. The summed E-state index contributed by atoms with van der Waals surface area (Å²) in [6.07, 6.45) is 3.31. The highest BCUT2D eigenvalue weighted by molar-refractivity contribution is 7.99. The Kier molecular flexibility index (Phi) is 5.30. The second-order valence-corrected chi connectivity index (χ2v) is 6.06. The SMILES string of the molecule is COc1ccc(NC(=O)CSc2nnc(-c3cccnc3)o2)cc1C. The Bertz CT molecular complexity index is 867. The van der Waals surface area contributed by atoms with Gasteiger partial charge in [-0.1, -0.05) is 11.8 Å². The van der Waals surface area contributed by atoms with Crippen LogP contribution in [0.15, 0.2) is 52.4 Å². The van der Waals surface area contributed by atoms with Crippen molar-refractivity contribution in [3.8, 4) is 17.2 Å². The normalized spacial score (nSPS) is 10.5. The van der Waals surface area contributed by atoms with Crippen molar-refractivity contribution in [2.75, 3.05) is 18.2 Å². The molecule has 0 fully saturated rings. The van der Waals surface area contributed by atoms with Gasteiger partial charge >= 0.3 is 0 Å². The van der Waals surface area contributed by atoms with Crippen molar-refractivity contribution in [2.24, 2.45) is 0 Å². The van der Waals surface area contributed by atoms with Gasteiger partial charge in [0.25, 0.3) is 5.22 Å². The monoisotopic (exact) mass is 356 g/mol.